The van der Waals surface area contributed by atoms with Gasteiger partial charge in [0.1, 0.15) is 0 Å². The maximum absolute atomic E-state index is 12.8. The Hall–Kier alpha value is -8.58. The third-order valence-corrected chi connectivity index (χ3v) is 24.0. The van der Waals surface area contributed by atoms with Crippen molar-refractivity contribution >= 4 is 81.6 Å². The molecule has 9 aromatic rings. The average Bonchev–Trinajstić information content (AvgIpc) is 1.60. The predicted molar refractivity (Wildman–Crippen MR) is 495 cm³/mol. The summed E-state index contributed by atoms with van der Waals surface area (Å²) in [5, 5.41) is 48.7. The Morgan fingerprint density at radius 3 is 0.846 bits per heavy atom. The number of thioether (sulfide) groups is 2. The highest BCUT2D eigenvalue weighted by molar-refractivity contribution is 7.99. The standard InChI is InChI=1S/C36H47ClN2O2S.C25H41NS.C22H19ClN2O2.C11H13N.C7H4ClN/c1-2-3-4-5-6-7-8-9-10-11-12-13-14-15-16-17-26-42-30-24-20-28(21-25-30)34-32-31(35(40)39-34)33(38-36(32)41)27-18-22-29(37)23-19-27;1-2-3-4-5-6-7-8-9-10-11-12-13-14-15-16-17-22-27-25-20-18-24(23-26)19-21-25;1-22(2,3)14-8-4-12(5-9-14)18-16-17(21(27)24-18)19(25-20(16)26)13-6-10-15(23)11-7-13;1-11(2,3)10-6-4-9(8-12)5-7-10;8-7-3-1-6(5-9)2-4-7/h18-25,39-40H,2-17,26H2,1H3;18-21H,2-17,22H2,1H3;4-11,25-26H,1-3H3;4-7H,1-3H3;1-4H. The topological polar surface area (TPSA) is 202 Å². The monoisotopic (exact) mass is 1670 g/mol. The fraction of sp³-hybridized carbons (Fsp3) is 0.436. The first-order valence-electron chi connectivity index (χ1n) is 42.9. The summed E-state index contributed by atoms with van der Waals surface area (Å²) >= 11 is 21.3. The normalized spacial score (nSPS) is 11.9. The SMILES string of the molecule is CC(C)(C)c1ccc(C#N)cc1.CC(C)(C)c1ccc(C2=NC(=O)c3c(-c4ccc(Cl)cc4)[nH]c(O)c32)cc1.CCCCCCCCCCCCCCCCCCSc1ccc(-c2[nH]c(O)c3c2C(=O)N=C3c2ccc(Cl)cc2)cc1.CCCCCCCCCCCCCCCCCCSc1ccc(C#N)cc1.N#Cc1ccc(Cl)cc1. The van der Waals surface area contributed by atoms with Crippen LogP contribution in [0.4, 0.5) is 0 Å². The van der Waals surface area contributed by atoms with Crippen molar-refractivity contribution in [2.75, 3.05) is 11.5 Å². The van der Waals surface area contributed by atoms with Gasteiger partial charge in [-0.05, 0) is 154 Å². The van der Waals surface area contributed by atoms with Crippen molar-refractivity contribution in [3.05, 3.63) is 246 Å². The van der Waals surface area contributed by atoms with Crippen LogP contribution in [-0.4, -0.2) is 54.9 Å². The van der Waals surface area contributed by atoms with Gasteiger partial charge in [0.25, 0.3) is 11.8 Å². The number of H-pyrrole nitrogens is 2. The molecular weight excluding hydrogens is 1550 g/mol. The van der Waals surface area contributed by atoms with E-state index in [1.807, 2.05) is 102 Å². The Morgan fingerprint density at radius 2 is 0.556 bits per heavy atom. The van der Waals surface area contributed by atoms with Crippen LogP contribution in [0.3, 0.4) is 0 Å². The molecule has 11 nitrogen and oxygen atoms in total. The number of aromatic hydroxyl groups is 2. The number of carbonyl (C=O) groups excluding carboxylic acids is 2. The molecule has 0 spiro atoms. The van der Waals surface area contributed by atoms with Crippen molar-refractivity contribution in [3.63, 3.8) is 0 Å². The molecule has 0 unspecified atom stereocenters. The molecule has 620 valence electrons. The number of aromatic amines is 2. The minimum atomic E-state index is -0.360. The molecule has 4 N–H and O–H groups in total. The first kappa shape index (κ1) is 95.6. The van der Waals surface area contributed by atoms with Crippen LogP contribution in [0.2, 0.25) is 15.1 Å². The third-order valence-electron chi connectivity index (χ3n) is 21.1. The van der Waals surface area contributed by atoms with Crippen LogP contribution >= 0.6 is 58.3 Å². The van der Waals surface area contributed by atoms with Crippen molar-refractivity contribution in [2.24, 2.45) is 9.98 Å². The van der Waals surface area contributed by atoms with E-state index in [1.54, 1.807) is 72.8 Å². The molecule has 0 fully saturated rings. The number of rotatable bonds is 40. The van der Waals surface area contributed by atoms with E-state index in [0.717, 1.165) is 39.1 Å². The van der Waals surface area contributed by atoms with Crippen LogP contribution in [-0.2, 0) is 10.8 Å². The Bertz CT molecular complexity index is 4630. The van der Waals surface area contributed by atoms with E-state index < -0.39 is 0 Å². The molecule has 117 heavy (non-hydrogen) atoms. The van der Waals surface area contributed by atoms with Crippen molar-refractivity contribution in [1.82, 2.24) is 9.97 Å². The average molecular weight is 1670 g/mol. The molecule has 2 amide bonds. The van der Waals surface area contributed by atoms with Crippen LogP contribution in [0, 0.1) is 34.0 Å². The van der Waals surface area contributed by atoms with Gasteiger partial charge < -0.3 is 20.2 Å². The summed E-state index contributed by atoms with van der Waals surface area (Å²) in [6, 6.07) is 59.1. The predicted octanol–water partition coefficient (Wildman–Crippen LogP) is 30.7. The maximum atomic E-state index is 12.8. The Balaban J connectivity index is 0.000000220. The molecule has 0 aliphatic carbocycles. The summed E-state index contributed by atoms with van der Waals surface area (Å²) in [5.74, 6) is 1.52. The van der Waals surface area contributed by atoms with Crippen LogP contribution < -0.4 is 0 Å². The first-order valence-corrected chi connectivity index (χ1v) is 46.0. The lowest BCUT2D eigenvalue weighted by Crippen LogP contribution is -2.11. The number of nitrogens with one attached hydrogen (secondary N) is 2. The number of benzene rings is 7. The van der Waals surface area contributed by atoms with Crippen LogP contribution in [0.15, 0.2) is 190 Å². The quantitative estimate of drug-likeness (QED) is 0.0213. The minimum absolute atomic E-state index is 0.0367. The van der Waals surface area contributed by atoms with Crippen LogP contribution in [0.5, 0.6) is 11.8 Å². The van der Waals surface area contributed by atoms with Crippen LogP contribution in [0.25, 0.3) is 22.5 Å². The smallest absolute Gasteiger partial charge is 0.280 e. The molecule has 0 bridgehead atoms. The molecule has 0 atom stereocenters. The molecule has 0 saturated carbocycles. The molecule has 7 aromatic carbocycles. The van der Waals surface area contributed by atoms with Gasteiger partial charge in [0.15, 0.2) is 11.8 Å². The lowest BCUT2D eigenvalue weighted by molar-refractivity contribution is 0.0998. The second-order valence-electron chi connectivity index (χ2n) is 32.6. The van der Waals surface area contributed by atoms with Gasteiger partial charge in [0, 0.05) is 36.0 Å². The van der Waals surface area contributed by atoms with Crippen LogP contribution in [0.1, 0.15) is 332 Å². The van der Waals surface area contributed by atoms with Gasteiger partial charge in [-0.25, -0.2) is 9.98 Å². The Kier molecular flexibility index (Phi) is 42.8. The summed E-state index contributed by atoms with van der Waals surface area (Å²) in [4.78, 5) is 42.3. The number of nitriles is 3. The lowest BCUT2D eigenvalue weighted by atomic mass is 9.86. The first-order chi connectivity index (χ1) is 56.6. The molecule has 2 aliphatic rings. The van der Waals surface area contributed by atoms with Gasteiger partial charge >= 0.3 is 0 Å². The molecular formula is C101H124Cl3N7O4S2. The highest BCUT2D eigenvalue weighted by Crippen LogP contribution is 2.41. The van der Waals surface area contributed by atoms with E-state index in [-0.39, 0.29) is 34.4 Å². The third kappa shape index (κ3) is 33.3. The van der Waals surface area contributed by atoms with Gasteiger partial charge in [-0.3, -0.25) is 9.59 Å². The van der Waals surface area contributed by atoms with E-state index >= 15 is 0 Å². The fourth-order valence-electron chi connectivity index (χ4n) is 14.1. The number of carbonyl (C=O) groups is 2. The van der Waals surface area contributed by atoms with Crippen molar-refractivity contribution in [1.29, 1.82) is 15.8 Å². The Morgan fingerprint density at radius 1 is 0.325 bits per heavy atom. The van der Waals surface area contributed by atoms with E-state index in [1.165, 1.54) is 232 Å². The maximum Gasteiger partial charge on any atom is 0.280 e. The molecule has 16 heteroatoms. The van der Waals surface area contributed by atoms with Crippen molar-refractivity contribution < 1.29 is 19.8 Å². The van der Waals surface area contributed by atoms with Gasteiger partial charge in [-0.1, -0.05) is 356 Å². The molecule has 11 rings (SSSR count). The zero-order chi connectivity index (χ0) is 84.2. The highest BCUT2D eigenvalue weighted by atomic mass is 35.5. The van der Waals surface area contributed by atoms with Gasteiger partial charge in [0.2, 0.25) is 0 Å². The molecule has 0 saturated heterocycles. The zero-order valence-electron chi connectivity index (χ0n) is 70.6. The highest BCUT2D eigenvalue weighted by Gasteiger charge is 2.35. The second-order valence-corrected chi connectivity index (χ2v) is 36.2. The summed E-state index contributed by atoms with van der Waals surface area (Å²) in [7, 11) is 0. The number of hydrogen-bond donors (Lipinski definition) is 4. The largest absolute Gasteiger partial charge is 0.494 e. The number of amides is 2. The van der Waals surface area contributed by atoms with Gasteiger partial charge in [0.05, 0.1) is 80.0 Å². The number of halogens is 3. The Labute approximate surface area is 723 Å². The van der Waals surface area contributed by atoms with E-state index in [0.29, 0.717) is 65.7 Å². The fourth-order valence-corrected chi connectivity index (χ4v) is 16.3. The number of fused-ring (bicyclic) bond motifs is 2. The number of aliphatic imine (C=N–C) groups is 2. The van der Waals surface area contributed by atoms with Crippen molar-refractivity contribution in [2.45, 2.75) is 281 Å². The number of hydrogen-bond acceptors (Lipinski definition) is 9. The second kappa shape index (κ2) is 52.4. The van der Waals surface area contributed by atoms with E-state index in [9.17, 15) is 19.8 Å². The molecule has 0 radical (unpaired) electrons. The van der Waals surface area contributed by atoms with Gasteiger partial charge in [-0.15, -0.1) is 23.5 Å². The summed E-state index contributed by atoms with van der Waals surface area (Å²) in [5.41, 5.74) is 11.8. The number of aromatic nitrogens is 2. The summed E-state index contributed by atoms with van der Waals surface area (Å²) in [6.45, 7) is 17.5. The lowest BCUT2D eigenvalue weighted by Gasteiger charge is -2.19. The number of unbranched alkanes of at least 4 members (excludes halogenated alkanes) is 30. The molecule has 4 heterocycles. The van der Waals surface area contributed by atoms with Crippen molar-refractivity contribution in [3.8, 4) is 52.5 Å². The van der Waals surface area contributed by atoms with E-state index in [2.05, 4.69) is 112 Å². The zero-order valence-corrected chi connectivity index (χ0v) is 74.5. The number of nitrogens with zero attached hydrogens (tertiary/aromatic N) is 5. The minimum Gasteiger partial charge on any atom is -0.494 e. The molecule has 2 aliphatic heterocycles. The van der Waals surface area contributed by atoms with Gasteiger partial charge in [-0.2, -0.15) is 15.8 Å². The van der Waals surface area contributed by atoms with E-state index in [4.69, 9.17) is 50.6 Å². The summed E-state index contributed by atoms with van der Waals surface area (Å²) < 4.78 is 0. The summed E-state index contributed by atoms with van der Waals surface area (Å²) in [6.07, 6.45) is 45.0. The molecule has 2 aromatic heterocycles.